The third-order valence-corrected chi connectivity index (χ3v) is 1.55. The highest BCUT2D eigenvalue weighted by atomic mass is 16.6. The van der Waals surface area contributed by atoms with Gasteiger partial charge in [0.05, 0.1) is 5.69 Å². The lowest BCUT2D eigenvalue weighted by molar-refractivity contribution is 0.0634. The van der Waals surface area contributed by atoms with Crippen molar-refractivity contribution in [3.63, 3.8) is 0 Å². The van der Waals surface area contributed by atoms with E-state index in [2.05, 4.69) is 9.82 Å². The van der Waals surface area contributed by atoms with E-state index in [1.54, 1.807) is 6.20 Å². The lowest BCUT2D eigenvalue weighted by Crippen LogP contribution is -2.06. The van der Waals surface area contributed by atoms with E-state index in [0.29, 0.717) is 0 Å². The van der Waals surface area contributed by atoms with E-state index >= 15 is 0 Å². The van der Waals surface area contributed by atoms with Gasteiger partial charge < -0.3 is 0 Å². The van der Waals surface area contributed by atoms with Crippen molar-refractivity contribution in [3.8, 4) is 0 Å². The molecule has 1 aromatic rings. The maximum absolute atomic E-state index is 5.00. The van der Waals surface area contributed by atoms with Gasteiger partial charge in [0, 0.05) is 6.20 Å². The average molecular weight is 152 g/mol. The molecular weight excluding hydrogens is 140 g/mol. The quantitative estimate of drug-likeness (QED) is 0.650. The molecule has 1 heterocycles. The first-order valence-corrected chi connectivity index (χ1v) is 3.52. The van der Waals surface area contributed by atoms with Crippen molar-refractivity contribution < 1.29 is 4.84 Å². The van der Waals surface area contributed by atoms with Crippen LogP contribution in [0.25, 0.3) is 0 Å². The summed E-state index contributed by atoms with van der Waals surface area (Å²) in [5.74, 6) is 5.00. The van der Waals surface area contributed by atoms with Crippen LogP contribution in [-0.2, 0) is 4.84 Å². The number of hydrogen-bond donors (Lipinski definition) is 1. The minimum atomic E-state index is -0.129. The molecule has 0 aliphatic heterocycles. The topological polar surface area (TPSA) is 48.1 Å². The largest absolute Gasteiger partial charge is 0.295 e. The van der Waals surface area contributed by atoms with E-state index in [9.17, 15) is 0 Å². The van der Waals surface area contributed by atoms with Crippen LogP contribution in [-0.4, -0.2) is 4.98 Å². The lowest BCUT2D eigenvalue weighted by Gasteiger charge is -2.06. The van der Waals surface area contributed by atoms with E-state index < -0.39 is 0 Å². The van der Waals surface area contributed by atoms with Gasteiger partial charge in [-0.1, -0.05) is 6.07 Å². The summed E-state index contributed by atoms with van der Waals surface area (Å²) in [5.41, 5.74) is 2.00. The Kier molecular flexibility index (Phi) is 2.57. The Morgan fingerprint density at radius 2 is 2.27 bits per heavy atom. The number of nitrogens with two attached hydrogens (primary N) is 1. The fourth-order valence-corrected chi connectivity index (χ4v) is 0.789. The Balaban J connectivity index is 2.81. The molecule has 0 saturated carbocycles. The predicted molar refractivity (Wildman–Crippen MR) is 42.7 cm³/mol. The Morgan fingerprint density at radius 3 is 2.73 bits per heavy atom. The minimum absolute atomic E-state index is 0.129. The van der Waals surface area contributed by atoms with E-state index in [1.807, 2.05) is 26.0 Å². The molecule has 1 rings (SSSR count). The van der Waals surface area contributed by atoms with Crippen molar-refractivity contribution >= 4 is 0 Å². The monoisotopic (exact) mass is 152 g/mol. The molecule has 1 unspecified atom stereocenters. The highest BCUT2D eigenvalue weighted by Crippen LogP contribution is 2.11. The molecule has 0 radical (unpaired) electrons. The van der Waals surface area contributed by atoms with Gasteiger partial charge in [0.15, 0.2) is 0 Å². The van der Waals surface area contributed by atoms with Crippen LogP contribution in [0.2, 0.25) is 0 Å². The molecule has 11 heavy (non-hydrogen) atoms. The summed E-state index contributed by atoms with van der Waals surface area (Å²) in [6.07, 6.45) is 1.67. The third-order valence-electron chi connectivity index (χ3n) is 1.55. The van der Waals surface area contributed by atoms with Crippen LogP contribution in [0.15, 0.2) is 18.3 Å². The molecule has 60 valence electrons. The van der Waals surface area contributed by atoms with E-state index in [-0.39, 0.29) is 6.10 Å². The summed E-state index contributed by atoms with van der Waals surface area (Å²) < 4.78 is 0. The van der Waals surface area contributed by atoms with Crippen LogP contribution >= 0.6 is 0 Å². The fourth-order valence-electron chi connectivity index (χ4n) is 0.789. The van der Waals surface area contributed by atoms with Crippen molar-refractivity contribution in [3.05, 3.63) is 29.6 Å². The molecule has 0 fully saturated rings. The van der Waals surface area contributed by atoms with Crippen molar-refractivity contribution in [1.29, 1.82) is 0 Å². The summed E-state index contributed by atoms with van der Waals surface area (Å²) in [7, 11) is 0. The molecular formula is C8H12N2O. The third kappa shape index (κ3) is 2.00. The fraction of sp³-hybridized carbons (Fsp3) is 0.375. The summed E-state index contributed by atoms with van der Waals surface area (Å²) >= 11 is 0. The average Bonchev–Trinajstić information content (AvgIpc) is 2.05. The standard InChI is InChI=1S/C8H12N2O/c1-6-3-4-8(10-5-6)7(2)11-9/h3-5,7H,9H2,1-2H3. The second kappa shape index (κ2) is 3.46. The first-order chi connectivity index (χ1) is 5.24. The summed E-state index contributed by atoms with van der Waals surface area (Å²) in [5, 5.41) is 0. The second-order valence-electron chi connectivity index (χ2n) is 2.54. The van der Waals surface area contributed by atoms with Crippen molar-refractivity contribution in [2.24, 2.45) is 5.90 Å². The minimum Gasteiger partial charge on any atom is -0.295 e. The Bertz CT molecular complexity index is 220. The molecule has 1 aromatic heterocycles. The number of pyridine rings is 1. The zero-order valence-electron chi connectivity index (χ0n) is 6.74. The predicted octanol–water partition coefficient (Wildman–Crippen LogP) is 1.34. The van der Waals surface area contributed by atoms with Crippen LogP contribution in [0.4, 0.5) is 0 Å². The zero-order chi connectivity index (χ0) is 8.27. The molecule has 3 nitrogen and oxygen atoms in total. The van der Waals surface area contributed by atoms with Gasteiger partial charge in [-0.05, 0) is 25.5 Å². The van der Waals surface area contributed by atoms with Gasteiger partial charge in [0.1, 0.15) is 6.10 Å². The van der Waals surface area contributed by atoms with Crippen molar-refractivity contribution in [2.45, 2.75) is 20.0 Å². The highest BCUT2D eigenvalue weighted by molar-refractivity contribution is 5.13. The van der Waals surface area contributed by atoms with Crippen LogP contribution in [0.5, 0.6) is 0 Å². The first-order valence-electron chi connectivity index (χ1n) is 3.52. The highest BCUT2D eigenvalue weighted by Gasteiger charge is 2.03. The molecule has 0 saturated heterocycles. The van der Waals surface area contributed by atoms with Gasteiger partial charge in [0.2, 0.25) is 0 Å². The molecule has 1 atom stereocenters. The number of aromatic nitrogens is 1. The number of rotatable bonds is 2. The van der Waals surface area contributed by atoms with Gasteiger partial charge in [-0.25, -0.2) is 5.90 Å². The smallest absolute Gasteiger partial charge is 0.118 e. The molecule has 0 aliphatic rings. The van der Waals surface area contributed by atoms with Gasteiger partial charge in [0.25, 0.3) is 0 Å². The van der Waals surface area contributed by atoms with Gasteiger partial charge in [-0.15, -0.1) is 0 Å². The van der Waals surface area contributed by atoms with Gasteiger partial charge in [-0.3, -0.25) is 9.82 Å². The van der Waals surface area contributed by atoms with E-state index in [1.165, 1.54) is 0 Å². The Morgan fingerprint density at radius 1 is 1.55 bits per heavy atom. The summed E-state index contributed by atoms with van der Waals surface area (Å²) in [4.78, 5) is 8.76. The Labute approximate surface area is 66.2 Å². The number of aryl methyl sites for hydroxylation is 1. The molecule has 0 aliphatic carbocycles. The molecule has 3 heteroatoms. The second-order valence-corrected chi connectivity index (χ2v) is 2.54. The van der Waals surface area contributed by atoms with Gasteiger partial charge in [-0.2, -0.15) is 0 Å². The SMILES string of the molecule is Cc1ccc(C(C)ON)nc1. The normalized spacial score (nSPS) is 13.0. The number of nitrogens with zero attached hydrogens (tertiary/aromatic N) is 1. The Hall–Kier alpha value is -0.930. The molecule has 0 aromatic carbocycles. The molecule has 0 bridgehead atoms. The molecule has 2 N–H and O–H groups in total. The van der Waals surface area contributed by atoms with Crippen LogP contribution in [0, 0.1) is 6.92 Å². The van der Waals surface area contributed by atoms with Crippen LogP contribution < -0.4 is 5.90 Å². The maximum Gasteiger partial charge on any atom is 0.118 e. The van der Waals surface area contributed by atoms with E-state index in [4.69, 9.17) is 5.90 Å². The summed E-state index contributed by atoms with van der Waals surface area (Å²) in [6, 6.07) is 3.89. The van der Waals surface area contributed by atoms with Crippen molar-refractivity contribution in [2.75, 3.05) is 0 Å². The summed E-state index contributed by atoms with van der Waals surface area (Å²) in [6.45, 7) is 3.85. The molecule has 0 spiro atoms. The lowest BCUT2D eigenvalue weighted by atomic mass is 10.2. The van der Waals surface area contributed by atoms with Crippen LogP contribution in [0.1, 0.15) is 24.3 Å². The number of hydrogen-bond acceptors (Lipinski definition) is 3. The molecule has 0 amide bonds. The van der Waals surface area contributed by atoms with E-state index in [0.717, 1.165) is 11.3 Å². The van der Waals surface area contributed by atoms with Crippen molar-refractivity contribution in [1.82, 2.24) is 4.98 Å². The van der Waals surface area contributed by atoms with Crippen LogP contribution in [0.3, 0.4) is 0 Å². The first kappa shape index (κ1) is 8.17. The zero-order valence-corrected chi connectivity index (χ0v) is 6.74. The maximum atomic E-state index is 5.00. The van der Waals surface area contributed by atoms with Gasteiger partial charge >= 0.3 is 0 Å².